The average molecular weight is 1020 g/mol. The number of aliphatic carboxylic acids is 1. The van der Waals surface area contributed by atoms with Gasteiger partial charge >= 0.3 is 11.9 Å². The Labute approximate surface area is 448 Å². The van der Waals surface area contributed by atoms with Crippen LogP contribution in [0.1, 0.15) is 232 Å². The van der Waals surface area contributed by atoms with E-state index in [1.165, 1.54) is 128 Å². The summed E-state index contributed by atoms with van der Waals surface area (Å²) in [5.41, 5.74) is 0. The minimum absolute atomic E-state index is 0.132. The van der Waals surface area contributed by atoms with Crippen LogP contribution in [0.15, 0.2) is 97.2 Å². The Hall–Kier alpha value is -3.79. The third kappa shape index (κ3) is 55.8. The molecule has 0 spiro atoms. The van der Waals surface area contributed by atoms with Gasteiger partial charge in [0, 0.05) is 12.8 Å². The summed E-state index contributed by atoms with van der Waals surface area (Å²) in [5, 5.41) is 11.8. The molecule has 0 fully saturated rings. The van der Waals surface area contributed by atoms with Gasteiger partial charge in [-0.15, -0.1) is 0 Å². The summed E-state index contributed by atoms with van der Waals surface area (Å²) in [5.74, 6) is -2.37. The summed E-state index contributed by atoms with van der Waals surface area (Å²) in [6.07, 6.45) is 70.4. The van der Waals surface area contributed by atoms with Crippen molar-refractivity contribution in [1.82, 2.24) is 0 Å². The Kier molecular flexibility index (Phi) is 51.6. The Morgan fingerprint density at radius 2 is 0.795 bits per heavy atom. The Balaban J connectivity index is 4.34. The molecule has 0 saturated heterocycles. The summed E-state index contributed by atoms with van der Waals surface area (Å²) in [4.78, 5) is 37.3. The van der Waals surface area contributed by atoms with Crippen LogP contribution in [0.5, 0.6) is 0 Å². The number of carbonyl (C=O) groups excluding carboxylic acids is 3. The molecular formula is C64H109NO8. The van der Waals surface area contributed by atoms with Crippen LogP contribution in [0.2, 0.25) is 0 Å². The van der Waals surface area contributed by atoms with Crippen LogP contribution in [0.25, 0.3) is 0 Å². The summed E-state index contributed by atoms with van der Waals surface area (Å²) >= 11 is 0. The maximum absolute atomic E-state index is 12.8. The monoisotopic (exact) mass is 1020 g/mol. The van der Waals surface area contributed by atoms with Gasteiger partial charge in [0.1, 0.15) is 13.2 Å². The van der Waals surface area contributed by atoms with Gasteiger partial charge in [-0.05, 0) is 89.9 Å². The first-order valence-electron chi connectivity index (χ1n) is 29.4. The summed E-state index contributed by atoms with van der Waals surface area (Å²) in [6, 6.07) is 0. The minimum atomic E-state index is -1.64. The van der Waals surface area contributed by atoms with E-state index in [9.17, 15) is 19.5 Å². The summed E-state index contributed by atoms with van der Waals surface area (Å²) in [6.45, 7) is 4.57. The predicted molar refractivity (Wildman–Crippen MR) is 306 cm³/mol. The molecule has 9 nitrogen and oxygen atoms in total. The first kappa shape index (κ1) is 69.2. The van der Waals surface area contributed by atoms with E-state index >= 15 is 0 Å². The fraction of sp³-hybridized carbons (Fsp3) is 0.703. The molecule has 9 heteroatoms. The minimum Gasteiger partial charge on any atom is -0.545 e. The van der Waals surface area contributed by atoms with Crippen molar-refractivity contribution < 1.29 is 42.9 Å². The summed E-state index contributed by atoms with van der Waals surface area (Å²) < 4.78 is 22.6. The van der Waals surface area contributed by atoms with Crippen LogP contribution >= 0.6 is 0 Å². The molecule has 0 aromatic carbocycles. The average Bonchev–Trinajstić information content (AvgIpc) is 3.36. The number of rotatable bonds is 53. The third-order valence-corrected chi connectivity index (χ3v) is 12.3. The first-order valence-corrected chi connectivity index (χ1v) is 29.4. The molecule has 0 heterocycles. The molecule has 0 aliphatic rings. The van der Waals surface area contributed by atoms with E-state index in [-0.39, 0.29) is 38.6 Å². The van der Waals surface area contributed by atoms with E-state index in [4.69, 9.17) is 18.9 Å². The van der Waals surface area contributed by atoms with E-state index in [1.54, 1.807) is 0 Å². The number of hydrogen-bond acceptors (Lipinski definition) is 8. The normalized spacial score (nSPS) is 13.5. The number of carboxylic acid groups (broad SMARTS) is 1. The van der Waals surface area contributed by atoms with Gasteiger partial charge in [0.2, 0.25) is 0 Å². The lowest BCUT2D eigenvalue weighted by Crippen LogP contribution is -2.44. The molecule has 73 heavy (non-hydrogen) atoms. The fourth-order valence-corrected chi connectivity index (χ4v) is 7.81. The highest BCUT2D eigenvalue weighted by molar-refractivity contribution is 5.70. The van der Waals surface area contributed by atoms with Crippen molar-refractivity contribution in [2.75, 3.05) is 47.5 Å². The molecule has 0 aliphatic heterocycles. The van der Waals surface area contributed by atoms with Gasteiger partial charge in [0.15, 0.2) is 12.4 Å². The second kappa shape index (κ2) is 54.5. The number of quaternary nitrogens is 1. The van der Waals surface area contributed by atoms with Gasteiger partial charge in [-0.1, -0.05) is 227 Å². The van der Waals surface area contributed by atoms with Crippen LogP contribution in [-0.2, 0) is 33.3 Å². The lowest BCUT2D eigenvalue weighted by atomic mass is 10.0. The zero-order chi connectivity index (χ0) is 53.4. The number of nitrogens with zero attached hydrogens (tertiary/aromatic N) is 1. The molecule has 0 aromatic rings. The van der Waals surface area contributed by atoms with Crippen molar-refractivity contribution in [2.45, 2.75) is 245 Å². The second-order valence-electron chi connectivity index (χ2n) is 20.5. The number of carbonyl (C=O) groups is 3. The number of ether oxygens (including phenoxy) is 4. The number of allylic oxidation sites excluding steroid dienone is 16. The van der Waals surface area contributed by atoms with Crippen molar-refractivity contribution in [1.29, 1.82) is 0 Å². The van der Waals surface area contributed by atoms with Crippen molar-refractivity contribution in [3.63, 3.8) is 0 Å². The van der Waals surface area contributed by atoms with Crippen LogP contribution in [0, 0.1) is 0 Å². The Morgan fingerprint density at radius 1 is 0.425 bits per heavy atom. The highest BCUT2D eigenvalue weighted by atomic mass is 16.7. The zero-order valence-corrected chi connectivity index (χ0v) is 47.5. The van der Waals surface area contributed by atoms with Crippen LogP contribution in [0.3, 0.4) is 0 Å². The maximum Gasteiger partial charge on any atom is 0.306 e. The topological polar surface area (TPSA) is 111 Å². The van der Waals surface area contributed by atoms with E-state index in [0.29, 0.717) is 23.9 Å². The third-order valence-electron chi connectivity index (χ3n) is 12.3. The van der Waals surface area contributed by atoms with Gasteiger partial charge in [0.05, 0.1) is 40.3 Å². The van der Waals surface area contributed by atoms with Crippen molar-refractivity contribution >= 4 is 17.9 Å². The molecule has 2 unspecified atom stereocenters. The van der Waals surface area contributed by atoms with Gasteiger partial charge in [-0.25, -0.2) is 0 Å². The molecule has 0 bridgehead atoms. The molecule has 0 saturated carbocycles. The number of unbranched alkanes of at least 4 members (excludes halogenated alkanes) is 22. The number of esters is 2. The molecule has 0 amide bonds. The molecule has 0 aromatic heterocycles. The van der Waals surface area contributed by atoms with Gasteiger partial charge in [-0.3, -0.25) is 9.59 Å². The highest BCUT2D eigenvalue weighted by Gasteiger charge is 2.21. The smallest absolute Gasteiger partial charge is 0.306 e. The fourth-order valence-electron chi connectivity index (χ4n) is 7.81. The van der Waals surface area contributed by atoms with Gasteiger partial charge < -0.3 is 33.3 Å². The van der Waals surface area contributed by atoms with Crippen LogP contribution in [0.4, 0.5) is 0 Å². The van der Waals surface area contributed by atoms with Crippen molar-refractivity contribution in [2.24, 2.45) is 0 Å². The molecular weight excluding hydrogens is 911 g/mol. The second-order valence-corrected chi connectivity index (χ2v) is 20.5. The molecule has 0 aliphatic carbocycles. The molecule has 418 valence electrons. The number of hydrogen-bond donors (Lipinski definition) is 0. The first-order chi connectivity index (χ1) is 35.6. The van der Waals surface area contributed by atoms with Crippen LogP contribution < -0.4 is 5.11 Å². The van der Waals surface area contributed by atoms with Gasteiger partial charge in [-0.2, -0.15) is 0 Å². The molecule has 0 N–H and O–H groups in total. The molecule has 2 atom stereocenters. The van der Waals surface area contributed by atoms with E-state index in [2.05, 4.69) is 111 Å². The number of likely N-dealkylation sites (N-methyl/N-ethyl adjacent to an activating group) is 1. The number of carboxylic acids is 1. The highest BCUT2D eigenvalue weighted by Crippen LogP contribution is 2.15. The predicted octanol–water partition coefficient (Wildman–Crippen LogP) is 16.0. The van der Waals surface area contributed by atoms with Crippen LogP contribution in [-0.4, -0.2) is 82.3 Å². The summed E-state index contributed by atoms with van der Waals surface area (Å²) in [7, 11) is 5.90. The van der Waals surface area contributed by atoms with Gasteiger partial charge in [0.25, 0.3) is 0 Å². The van der Waals surface area contributed by atoms with E-state index < -0.39 is 24.3 Å². The Bertz CT molecular complexity index is 1520. The van der Waals surface area contributed by atoms with E-state index in [0.717, 1.165) is 64.2 Å². The quantitative estimate of drug-likeness (QED) is 0.0195. The lowest BCUT2D eigenvalue weighted by Gasteiger charge is -2.26. The molecule has 0 rings (SSSR count). The lowest BCUT2D eigenvalue weighted by molar-refractivity contribution is -0.870. The zero-order valence-electron chi connectivity index (χ0n) is 47.5. The molecule has 0 radical (unpaired) electrons. The van der Waals surface area contributed by atoms with Crippen molar-refractivity contribution in [3.8, 4) is 0 Å². The van der Waals surface area contributed by atoms with E-state index in [1.807, 2.05) is 21.1 Å². The van der Waals surface area contributed by atoms with Crippen molar-refractivity contribution in [3.05, 3.63) is 97.2 Å². The maximum atomic E-state index is 12.8. The Morgan fingerprint density at radius 3 is 1.22 bits per heavy atom. The SMILES string of the molecule is CC/C=C\C/C=C\C/C=C\C/C=C\C/C=C\C/C=C\C/C=C\CCCC(=O)OC(COC(=O)CCCCCCCCCCCCCCC/C=C\CCCCCCCCCC)COC(OCC[N+](C)(C)C)C(=O)[O-]. The largest absolute Gasteiger partial charge is 0.545 e. The standard InChI is InChI=1S/C64H109NO8/c1-6-8-10-12-14-16-18-20-22-24-26-28-30-31-33-34-36-38-40-42-44-46-48-50-52-54-61(66)71-58-60(59-72-64(63(68)69)70-57-56-65(3,4)5)73-62(67)55-53-51-49-47-45-43-41-39-37-35-32-29-27-25-23-21-19-17-15-13-11-9-7-2/h9,11,15,17,21,23-24,26-27,29,35,37,41,43,47,49,60,64H,6-8,10,12-14,16,18-20,22,25,28,30-34,36,38-40,42,44-46,48,50-59H2,1-5H3/b11-9-,17-15-,23-21-,26-24-,29-27-,37-35-,43-41-,49-47-.